The lowest BCUT2D eigenvalue weighted by molar-refractivity contribution is 0.144. The largest absolute Gasteiger partial charge is 0.497 e. The van der Waals surface area contributed by atoms with E-state index in [4.69, 9.17) is 9.47 Å². The van der Waals surface area contributed by atoms with E-state index in [1.807, 2.05) is 85.8 Å². The smallest absolute Gasteiger partial charge is 0.414 e. The molecule has 174 valence electrons. The molecule has 0 saturated carbocycles. The summed E-state index contributed by atoms with van der Waals surface area (Å²) in [6.45, 7) is 4.23. The average Bonchev–Trinajstić information content (AvgIpc) is 2.84. The van der Waals surface area contributed by atoms with Crippen LogP contribution in [-0.4, -0.2) is 29.2 Å². The predicted molar refractivity (Wildman–Crippen MR) is 133 cm³/mol. The quantitative estimate of drug-likeness (QED) is 0.362. The molecule has 3 aromatic rings. The summed E-state index contributed by atoms with van der Waals surface area (Å²) >= 11 is 0. The van der Waals surface area contributed by atoms with Gasteiger partial charge in [-0.05, 0) is 55.3 Å². The normalized spacial score (nSPS) is 12.6. The first-order valence-electron chi connectivity index (χ1n) is 11.1. The van der Waals surface area contributed by atoms with Gasteiger partial charge in [0.2, 0.25) is 0 Å². The lowest BCUT2D eigenvalue weighted by Gasteiger charge is -2.31. The van der Waals surface area contributed by atoms with Crippen LogP contribution in [0.15, 0.2) is 83.8 Å². The highest BCUT2D eigenvalue weighted by molar-refractivity contribution is 7.85. The number of nitrogens with zero attached hydrogens (tertiary/aromatic N) is 1. The lowest BCUT2D eigenvalue weighted by Crippen LogP contribution is -2.44. The molecule has 0 spiro atoms. The molecule has 0 radical (unpaired) electrons. The summed E-state index contributed by atoms with van der Waals surface area (Å²) < 4.78 is 24.2. The average molecular weight is 466 g/mol. The maximum Gasteiger partial charge on any atom is 0.414 e. The minimum absolute atomic E-state index is 0.173. The molecule has 0 aliphatic carbocycles. The number of rotatable bonds is 10. The van der Waals surface area contributed by atoms with E-state index < -0.39 is 16.9 Å². The Morgan fingerprint density at radius 1 is 0.970 bits per heavy atom. The van der Waals surface area contributed by atoms with E-state index in [0.29, 0.717) is 23.6 Å². The molecule has 3 rings (SSSR count). The Bertz CT molecular complexity index is 1040. The lowest BCUT2D eigenvalue weighted by atomic mass is 10.1. The summed E-state index contributed by atoms with van der Waals surface area (Å²) in [7, 11) is 0.349. The molecule has 0 N–H and O–H groups in total. The van der Waals surface area contributed by atoms with Crippen molar-refractivity contribution in [2.75, 3.05) is 17.8 Å². The molecule has 0 aliphatic heterocycles. The number of carbonyl (C=O) groups excluding carboxylic acids is 1. The first kappa shape index (κ1) is 24.5. The van der Waals surface area contributed by atoms with E-state index in [9.17, 15) is 9.00 Å². The summed E-state index contributed by atoms with van der Waals surface area (Å²) in [5.74, 6) is 1.02. The number of anilines is 1. The number of benzene rings is 3. The number of carbonyl (C=O) groups is 1. The maximum absolute atomic E-state index is 13.3. The van der Waals surface area contributed by atoms with Gasteiger partial charge in [-0.2, -0.15) is 0 Å². The Balaban J connectivity index is 1.86. The Kier molecular flexibility index (Phi) is 9.07. The predicted octanol–water partition coefficient (Wildman–Crippen LogP) is 6.12. The van der Waals surface area contributed by atoms with Crippen LogP contribution in [0.2, 0.25) is 0 Å². The third kappa shape index (κ3) is 6.93. The SMILES string of the molecule is CCCC(CS(=O)c1ccc(C)cc1)N(C(=O)OCc1ccccc1)c1ccc(OC)cc1. The van der Waals surface area contributed by atoms with Crippen LogP contribution in [0.25, 0.3) is 0 Å². The number of ether oxygens (including phenoxy) is 2. The van der Waals surface area contributed by atoms with Crippen LogP contribution < -0.4 is 9.64 Å². The van der Waals surface area contributed by atoms with Crippen LogP contribution in [0.4, 0.5) is 10.5 Å². The summed E-state index contributed by atoms with van der Waals surface area (Å²) in [6, 6.07) is 24.3. The van der Waals surface area contributed by atoms with Gasteiger partial charge in [-0.1, -0.05) is 61.4 Å². The molecular formula is C27H31NO4S. The van der Waals surface area contributed by atoms with Gasteiger partial charge in [0, 0.05) is 16.3 Å². The zero-order chi connectivity index (χ0) is 23.6. The first-order valence-corrected chi connectivity index (χ1v) is 12.4. The third-order valence-electron chi connectivity index (χ3n) is 5.37. The van der Waals surface area contributed by atoms with E-state index in [-0.39, 0.29) is 12.6 Å². The highest BCUT2D eigenvalue weighted by Gasteiger charge is 2.28. The molecule has 1 amide bonds. The van der Waals surface area contributed by atoms with E-state index in [1.165, 1.54) is 0 Å². The van der Waals surface area contributed by atoms with Crippen LogP contribution in [0, 0.1) is 6.92 Å². The van der Waals surface area contributed by atoms with Gasteiger partial charge in [0.1, 0.15) is 12.4 Å². The standard InChI is InChI=1S/C27H31NO4S/c1-4-8-24(20-33(30)26-17-11-21(2)12-18-26)28(23-13-15-25(31-3)16-14-23)27(29)32-19-22-9-6-5-7-10-22/h5-7,9-18,24H,4,8,19-20H2,1-3H3. The van der Waals surface area contributed by atoms with Crippen molar-refractivity contribution in [2.45, 2.75) is 44.2 Å². The maximum atomic E-state index is 13.3. The Hall–Kier alpha value is -3.12. The van der Waals surface area contributed by atoms with Crippen molar-refractivity contribution >= 4 is 22.6 Å². The van der Waals surface area contributed by atoms with Crippen molar-refractivity contribution in [3.05, 3.63) is 90.0 Å². The van der Waals surface area contributed by atoms with Crippen LogP contribution in [0.1, 0.15) is 30.9 Å². The van der Waals surface area contributed by atoms with Crippen LogP contribution >= 0.6 is 0 Å². The van der Waals surface area contributed by atoms with E-state index in [1.54, 1.807) is 12.0 Å². The van der Waals surface area contributed by atoms with Gasteiger partial charge in [0.15, 0.2) is 0 Å². The highest BCUT2D eigenvalue weighted by atomic mass is 32.2. The molecule has 5 nitrogen and oxygen atoms in total. The van der Waals surface area contributed by atoms with Crippen molar-refractivity contribution in [2.24, 2.45) is 0 Å². The number of aryl methyl sites for hydroxylation is 1. The van der Waals surface area contributed by atoms with Gasteiger partial charge in [0.05, 0.1) is 24.0 Å². The molecule has 2 unspecified atom stereocenters. The van der Waals surface area contributed by atoms with Crippen molar-refractivity contribution < 1.29 is 18.5 Å². The van der Waals surface area contributed by atoms with Gasteiger partial charge in [-0.15, -0.1) is 0 Å². The molecule has 2 atom stereocenters. The second-order valence-corrected chi connectivity index (χ2v) is 9.37. The molecule has 3 aromatic carbocycles. The summed E-state index contributed by atoms with van der Waals surface area (Å²) in [5.41, 5.74) is 2.72. The Labute approximate surface area is 198 Å². The molecule has 0 bridgehead atoms. The number of hydrogen-bond donors (Lipinski definition) is 0. The van der Waals surface area contributed by atoms with Crippen molar-refractivity contribution in [3.63, 3.8) is 0 Å². The van der Waals surface area contributed by atoms with E-state index in [0.717, 1.165) is 22.4 Å². The fraction of sp³-hybridized carbons (Fsp3) is 0.296. The van der Waals surface area contributed by atoms with Crippen molar-refractivity contribution in [3.8, 4) is 5.75 Å². The summed E-state index contributed by atoms with van der Waals surface area (Å²) in [6.07, 6.45) is 1.08. The Morgan fingerprint density at radius 2 is 1.64 bits per heavy atom. The molecule has 33 heavy (non-hydrogen) atoms. The summed E-state index contributed by atoms with van der Waals surface area (Å²) in [5, 5.41) is 0. The van der Waals surface area contributed by atoms with Gasteiger partial charge in [-0.3, -0.25) is 9.11 Å². The molecular weight excluding hydrogens is 434 g/mol. The van der Waals surface area contributed by atoms with Crippen LogP contribution in [0.3, 0.4) is 0 Å². The number of hydrogen-bond acceptors (Lipinski definition) is 4. The molecule has 0 aliphatic rings. The van der Waals surface area contributed by atoms with Gasteiger partial charge in [-0.25, -0.2) is 4.79 Å². The third-order valence-corrected chi connectivity index (χ3v) is 6.85. The van der Waals surface area contributed by atoms with E-state index >= 15 is 0 Å². The fourth-order valence-electron chi connectivity index (χ4n) is 3.58. The summed E-state index contributed by atoms with van der Waals surface area (Å²) in [4.78, 5) is 15.7. The molecule has 0 aromatic heterocycles. The molecule has 0 saturated heterocycles. The van der Waals surface area contributed by atoms with Crippen molar-refractivity contribution in [1.29, 1.82) is 0 Å². The second kappa shape index (κ2) is 12.2. The minimum atomic E-state index is -1.25. The van der Waals surface area contributed by atoms with Crippen LogP contribution in [0.5, 0.6) is 5.75 Å². The molecule has 0 heterocycles. The van der Waals surface area contributed by atoms with Gasteiger partial charge < -0.3 is 9.47 Å². The molecule has 0 fully saturated rings. The monoisotopic (exact) mass is 465 g/mol. The van der Waals surface area contributed by atoms with E-state index in [2.05, 4.69) is 6.92 Å². The van der Waals surface area contributed by atoms with Crippen molar-refractivity contribution in [1.82, 2.24) is 0 Å². The Morgan fingerprint density at radius 3 is 2.24 bits per heavy atom. The zero-order valence-corrected chi connectivity index (χ0v) is 20.2. The second-order valence-electron chi connectivity index (χ2n) is 7.88. The first-order chi connectivity index (χ1) is 16.0. The minimum Gasteiger partial charge on any atom is -0.497 e. The van der Waals surface area contributed by atoms with Gasteiger partial charge in [0.25, 0.3) is 0 Å². The number of amides is 1. The highest BCUT2D eigenvalue weighted by Crippen LogP contribution is 2.26. The number of methoxy groups -OCH3 is 1. The van der Waals surface area contributed by atoms with Gasteiger partial charge >= 0.3 is 6.09 Å². The zero-order valence-electron chi connectivity index (χ0n) is 19.4. The fourth-order valence-corrected chi connectivity index (χ4v) is 4.88. The van der Waals surface area contributed by atoms with Crippen LogP contribution in [-0.2, 0) is 22.1 Å². The topological polar surface area (TPSA) is 55.8 Å². The molecule has 6 heteroatoms.